The fraction of sp³-hybridized carbons (Fsp3) is 0.480. The van der Waals surface area contributed by atoms with Gasteiger partial charge in [0.25, 0.3) is 5.91 Å². The molecule has 1 amide bonds. The van der Waals surface area contributed by atoms with E-state index < -0.39 is 0 Å². The highest BCUT2D eigenvalue weighted by molar-refractivity contribution is 5.94. The summed E-state index contributed by atoms with van der Waals surface area (Å²) >= 11 is 0. The van der Waals surface area contributed by atoms with Crippen molar-refractivity contribution in [2.45, 2.75) is 45.3 Å². The summed E-state index contributed by atoms with van der Waals surface area (Å²) in [6.07, 6.45) is 3.69. The number of benzene rings is 2. The molecule has 1 atom stereocenters. The third-order valence-electron chi connectivity index (χ3n) is 6.14. The zero-order valence-corrected chi connectivity index (χ0v) is 18.4. The van der Waals surface area contributed by atoms with Crippen molar-refractivity contribution in [2.75, 3.05) is 38.1 Å². The topological polar surface area (TPSA) is 44.8 Å². The second kappa shape index (κ2) is 9.09. The van der Waals surface area contributed by atoms with Crippen molar-refractivity contribution < 1.29 is 9.53 Å². The van der Waals surface area contributed by atoms with Gasteiger partial charge in [-0.25, -0.2) is 0 Å². The molecule has 2 aliphatic heterocycles. The number of nitrogens with zero attached hydrogens (tertiary/aromatic N) is 2. The minimum atomic E-state index is -0.0313. The fourth-order valence-corrected chi connectivity index (χ4v) is 4.55. The van der Waals surface area contributed by atoms with Crippen molar-refractivity contribution in [1.29, 1.82) is 0 Å². The first-order valence-corrected chi connectivity index (χ1v) is 11.1. The molecule has 1 fully saturated rings. The van der Waals surface area contributed by atoms with Crippen LogP contribution in [-0.4, -0.2) is 50.1 Å². The number of likely N-dealkylation sites (tertiary alicyclic amines) is 1. The molecule has 4 rings (SSSR count). The Balaban J connectivity index is 1.46. The molecule has 0 saturated carbocycles. The maximum Gasteiger partial charge on any atom is 0.251 e. The first-order chi connectivity index (χ1) is 14.5. The Morgan fingerprint density at radius 1 is 1.07 bits per heavy atom. The molecule has 1 saturated heterocycles. The lowest BCUT2D eigenvalue weighted by Gasteiger charge is -2.29. The lowest BCUT2D eigenvalue weighted by Crippen LogP contribution is -2.36. The summed E-state index contributed by atoms with van der Waals surface area (Å²) in [6, 6.07) is 14.5. The Kier molecular flexibility index (Phi) is 6.28. The van der Waals surface area contributed by atoms with Crippen molar-refractivity contribution in [3.63, 3.8) is 0 Å². The van der Waals surface area contributed by atoms with Crippen LogP contribution in [0.1, 0.15) is 54.2 Å². The maximum atomic E-state index is 12.8. The predicted octanol–water partition coefficient (Wildman–Crippen LogP) is 4.03. The molecule has 2 aliphatic rings. The number of ether oxygens (including phenoxy) is 1. The van der Waals surface area contributed by atoms with Crippen molar-refractivity contribution >= 4 is 11.6 Å². The third kappa shape index (κ3) is 4.62. The van der Waals surface area contributed by atoms with E-state index in [1.54, 1.807) is 0 Å². The number of amides is 1. The van der Waals surface area contributed by atoms with Gasteiger partial charge in [0.15, 0.2) is 0 Å². The summed E-state index contributed by atoms with van der Waals surface area (Å²) in [6.45, 7) is 7.89. The molecular formula is C25H33N3O2. The largest absolute Gasteiger partial charge is 0.491 e. The van der Waals surface area contributed by atoms with Gasteiger partial charge in [-0.1, -0.05) is 12.1 Å². The lowest BCUT2D eigenvalue weighted by atomic mass is 10.0. The van der Waals surface area contributed by atoms with Gasteiger partial charge in [-0.2, -0.15) is 0 Å². The van der Waals surface area contributed by atoms with E-state index in [9.17, 15) is 4.79 Å². The molecule has 5 heteroatoms. The SMILES string of the molecule is CC(C)Oc1ccc(C(=O)NCC(c2ccc3c(c2)CCN3C)N2CCCC2)cc1. The summed E-state index contributed by atoms with van der Waals surface area (Å²) in [5, 5.41) is 3.18. The van der Waals surface area contributed by atoms with Crippen molar-refractivity contribution in [2.24, 2.45) is 0 Å². The average molecular weight is 408 g/mol. The van der Waals surface area contributed by atoms with Crippen LogP contribution in [0.2, 0.25) is 0 Å². The van der Waals surface area contributed by atoms with Crippen molar-refractivity contribution in [3.05, 3.63) is 59.2 Å². The van der Waals surface area contributed by atoms with Crippen LogP contribution in [0.3, 0.4) is 0 Å². The predicted molar refractivity (Wildman–Crippen MR) is 122 cm³/mol. The zero-order chi connectivity index (χ0) is 21.1. The lowest BCUT2D eigenvalue weighted by molar-refractivity contribution is 0.0938. The number of carbonyl (C=O) groups is 1. The highest BCUT2D eigenvalue weighted by Crippen LogP contribution is 2.32. The van der Waals surface area contributed by atoms with Crippen LogP contribution in [0.5, 0.6) is 5.75 Å². The molecule has 0 aliphatic carbocycles. The molecule has 0 aromatic heterocycles. The molecule has 160 valence electrons. The number of likely N-dealkylation sites (N-methyl/N-ethyl adjacent to an activating group) is 1. The van der Waals surface area contributed by atoms with Gasteiger partial charge in [0.1, 0.15) is 5.75 Å². The molecule has 2 aromatic rings. The van der Waals surface area contributed by atoms with Crippen LogP contribution >= 0.6 is 0 Å². The van der Waals surface area contributed by atoms with E-state index in [2.05, 4.69) is 40.4 Å². The minimum absolute atomic E-state index is 0.0313. The number of carbonyl (C=O) groups excluding carboxylic acids is 1. The van der Waals surface area contributed by atoms with Gasteiger partial charge in [-0.3, -0.25) is 9.69 Å². The molecule has 2 heterocycles. The highest BCUT2D eigenvalue weighted by Gasteiger charge is 2.26. The summed E-state index contributed by atoms with van der Waals surface area (Å²) in [7, 11) is 2.15. The summed E-state index contributed by atoms with van der Waals surface area (Å²) in [5.74, 6) is 0.760. The van der Waals surface area contributed by atoms with Crippen molar-refractivity contribution in [1.82, 2.24) is 10.2 Å². The van der Waals surface area contributed by atoms with E-state index in [0.717, 1.165) is 31.8 Å². The van der Waals surface area contributed by atoms with Crippen LogP contribution in [-0.2, 0) is 6.42 Å². The normalized spacial score (nSPS) is 17.3. The second-order valence-corrected chi connectivity index (χ2v) is 8.72. The number of nitrogens with one attached hydrogen (secondary N) is 1. The standard InChI is InChI=1S/C25H33N3O2/c1-18(2)30-22-9-6-19(7-10-22)25(29)26-17-24(28-13-4-5-14-28)20-8-11-23-21(16-20)12-15-27(23)3/h6-11,16,18,24H,4-5,12-15,17H2,1-3H3,(H,26,29). The quantitative estimate of drug-likeness (QED) is 0.753. The van der Waals surface area contributed by atoms with E-state index in [1.165, 1.54) is 29.7 Å². The molecule has 0 radical (unpaired) electrons. The first kappa shape index (κ1) is 20.7. The van der Waals surface area contributed by atoms with Crippen LogP contribution in [0.4, 0.5) is 5.69 Å². The molecule has 2 aromatic carbocycles. The van der Waals surface area contributed by atoms with Crippen LogP contribution in [0.15, 0.2) is 42.5 Å². The van der Waals surface area contributed by atoms with Gasteiger partial charge < -0.3 is 15.0 Å². The Hall–Kier alpha value is -2.53. The van der Waals surface area contributed by atoms with Crippen LogP contribution in [0, 0.1) is 0 Å². The number of fused-ring (bicyclic) bond motifs is 1. The molecule has 30 heavy (non-hydrogen) atoms. The molecule has 0 bridgehead atoms. The maximum absolute atomic E-state index is 12.8. The van der Waals surface area contributed by atoms with E-state index in [1.807, 2.05) is 38.1 Å². The number of hydrogen-bond donors (Lipinski definition) is 1. The van der Waals surface area contributed by atoms with Gasteiger partial charge in [0.05, 0.1) is 12.1 Å². The molecule has 0 spiro atoms. The Morgan fingerprint density at radius 3 is 2.50 bits per heavy atom. The van der Waals surface area contributed by atoms with E-state index in [4.69, 9.17) is 4.74 Å². The number of rotatable bonds is 7. The average Bonchev–Trinajstić information content (AvgIpc) is 3.39. The van der Waals surface area contributed by atoms with Crippen LogP contribution in [0.25, 0.3) is 0 Å². The summed E-state index contributed by atoms with van der Waals surface area (Å²) in [5.41, 5.74) is 4.74. The molecule has 1 N–H and O–H groups in total. The Labute approximate surface area is 180 Å². The van der Waals surface area contributed by atoms with Gasteiger partial charge >= 0.3 is 0 Å². The Morgan fingerprint density at radius 2 is 1.80 bits per heavy atom. The van der Waals surface area contributed by atoms with Crippen molar-refractivity contribution in [3.8, 4) is 5.75 Å². The van der Waals surface area contributed by atoms with Gasteiger partial charge in [0.2, 0.25) is 0 Å². The summed E-state index contributed by atoms with van der Waals surface area (Å²) < 4.78 is 5.67. The van der Waals surface area contributed by atoms with E-state index in [0.29, 0.717) is 12.1 Å². The van der Waals surface area contributed by atoms with Gasteiger partial charge in [-0.15, -0.1) is 0 Å². The highest BCUT2D eigenvalue weighted by atomic mass is 16.5. The molecule has 1 unspecified atom stereocenters. The number of anilines is 1. The minimum Gasteiger partial charge on any atom is -0.491 e. The summed E-state index contributed by atoms with van der Waals surface area (Å²) in [4.78, 5) is 17.6. The first-order valence-electron chi connectivity index (χ1n) is 11.1. The monoisotopic (exact) mass is 407 g/mol. The molecular weight excluding hydrogens is 374 g/mol. The van der Waals surface area contributed by atoms with E-state index >= 15 is 0 Å². The van der Waals surface area contributed by atoms with E-state index in [-0.39, 0.29) is 18.1 Å². The molecule has 5 nitrogen and oxygen atoms in total. The fourth-order valence-electron chi connectivity index (χ4n) is 4.55. The van der Waals surface area contributed by atoms with Gasteiger partial charge in [-0.05, 0) is 87.7 Å². The number of hydrogen-bond acceptors (Lipinski definition) is 4. The van der Waals surface area contributed by atoms with Gasteiger partial charge in [0, 0.05) is 31.4 Å². The Bertz CT molecular complexity index is 872. The smallest absolute Gasteiger partial charge is 0.251 e. The zero-order valence-electron chi connectivity index (χ0n) is 18.4. The van der Waals surface area contributed by atoms with Crippen LogP contribution < -0.4 is 15.0 Å². The second-order valence-electron chi connectivity index (χ2n) is 8.72. The third-order valence-corrected chi connectivity index (χ3v) is 6.14.